The number of aryl methyl sites for hydroxylation is 2. The minimum atomic E-state index is -0.454. The molecule has 1 aromatic carbocycles. The molecule has 0 bridgehead atoms. The summed E-state index contributed by atoms with van der Waals surface area (Å²) in [5.74, 6) is -0.640. The zero-order valence-electron chi connectivity index (χ0n) is 17.6. The summed E-state index contributed by atoms with van der Waals surface area (Å²) >= 11 is 0. The van der Waals surface area contributed by atoms with Gasteiger partial charge in [-0.25, -0.2) is 4.63 Å². The first-order chi connectivity index (χ1) is 14.4. The van der Waals surface area contributed by atoms with E-state index in [0.29, 0.717) is 11.1 Å². The third kappa shape index (κ3) is 4.70. The molecule has 2 aromatic rings. The van der Waals surface area contributed by atoms with Crippen LogP contribution in [0.15, 0.2) is 28.9 Å². The lowest BCUT2D eigenvalue weighted by atomic mass is 9.93. The highest BCUT2D eigenvalue weighted by molar-refractivity contribution is 5.95. The van der Waals surface area contributed by atoms with Crippen LogP contribution in [0.2, 0.25) is 0 Å². The summed E-state index contributed by atoms with van der Waals surface area (Å²) in [6.07, 6.45) is 4.37. The van der Waals surface area contributed by atoms with Crippen LogP contribution in [-0.2, 0) is 10.2 Å². The van der Waals surface area contributed by atoms with Crippen molar-refractivity contribution in [1.29, 1.82) is 0 Å². The third-order valence-corrected chi connectivity index (χ3v) is 6.27. The topological polar surface area (TPSA) is 100 Å². The first-order valence-corrected chi connectivity index (χ1v) is 10.6. The van der Waals surface area contributed by atoms with Gasteiger partial charge in [-0.2, -0.15) is 0 Å². The van der Waals surface area contributed by atoms with E-state index >= 15 is 0 Å². The summed E-state index contributed by atoms with van der Waals surface area (Å²) < 4.78 is 4.51. The van der Waals surface area contributed by atoms with Gasteiger partial charge in [-0.05, 0) is 50.3 Å². The number of hydrogen-bond donors (Lipinski definition) is 2. The maximum Gasteiger partial charge on any atom is 0.275 e. The number of piperidine rings is 1. The number of nitrogens with one attached hydrogen (secondary N) is 2. The fourth-order valence-corrected chi connectivity index (χ4v) is 4.22. The van der Waals surface area contributed by atoms with Crippen LogP contribution in [0.1, 0.15) is 53.0 Å². The van der Waals surface area contributed by atoms with Crippen molar-refractivity contribution in [3.63, 3.8) is 0 Å². The fraction of sp³-hybridized carbons (Fsp3) is 0.545. The van der Waals surface area contributed by atoms with Crippen LogP contribution in [0.4, 0.5) is 0 Å². The molecule has 1 saturated carbocycles. The van der Waals surface area contributed by atoms with Gasteiger partial charge in [-0.15, -0.1) is 0 Å². The summed E-state index contributed by atoms with van der Waals surface area (Å²) in [6, 6.07) is 9.11. The highest BCUT2D eigenvalue weighted by Gasteiger charge is 2.45. The molecule has 160 valence electrons. The fourth-order valence-electron chi connectivity index (χ4n) is 4.22. The molecule has 2 amide bonds. The molecular weight excluding hydrogens is 382 g/mol. The van der Waals surface area contributed by atoms with E-state index in [1.165, 1.54) is 24.0 Å². The van der Waals surface area contributed by atoms with E-state index in [2.05, 4.69) is 61.7 Å². The molecule has 0 atom stereocenters. The van der Waals surface area contributed by atoms with Gasteiger partial charge in [0.1, 0.15) is 5.69 Å². The molecule has 2 N–H and O–H groups in total. The standard InChI is InChI=1S/C22H29N5O3/c1-15-3-5-17(6-4-15)22(9-10-22)14-27-11-7-18(8-12-27)24-19(28)13-23-21(29)20-16(2)25-30-26-20/h3-6,18H,7-14H2,1-2H3,(H,23,29)(H,24,28). The summed E-state index contributed by atoms with van der Waals surface area (Å²) in [6.45, 7) is 6.73. The van der Waals surface area contributed by atoms with E-state index in [0.717, 1.165) is 32.5 Å². The van der Waals surface area contributed by atoms with Crippen LogP contribution in [-0.4, -0.2) is 59.2 Å². The van der Waals surface area contributed by atoms with Gasteiger partial charge < -0.3 is 15.5 Å². The van der Waals surface area contributed by atoms with Crippen LogP contribution in [0, 0.1) is 13.8 Å². The van der Waals surface area contributed by atoms with E-state index in [-0.39, 0.29) is 24.2 Å². The minimum Gasteiger partial charge on any atom is -0.352 e. The summed E-state index contributed by atoms with van der Waals surface area (Å²) in [7, 11) is 0. The molecule has 4 rings (SSSR count). The van der Waals surface area contributed by atoms with Gasteiger partial charge in [0.05, 0.1) is 6.54 Å². The van der Waals surface area contributed by atoms with E-state index in [1.807, 2.05) is 0 Å². The Bertz CT molecular complexity index is 896. The van der Waals surface area contributed by atoms with Crippen molar-refractivity contribution in [2.24, 2.45) is 0 Å². The third-order valence-electron chi connectivity index (χ3n) is 6.27. The Morgan fingerprint density at radius 1 is 1.13 bits per heavy atom. The van der Waals surface area contributed by atoms with Crippen molar-refractivity contribution >= 4 is 11.8 Å². The maximum atomic E-state index is 12.2. The van der Waals surface area contributed by atoms with E-state index in [1.54, 1.807) is 6.92 Å². The van der Waals surface area contributed by atoms with Crippen molar-refractivity contribution in [3.05, 3.63) is 46.8 Å². The van der Waals surface area contributed by atoms with E-state index in [4.69, 9.17) is 0 Å². The van der Waals surface area contributed by atoms with Crippen LogP contribution >= 0.6 is 0 Å². The monoisotopic (exact) mass is 411 g/mol. The lowest BCUT2D eigenvalue weighted by Gasteiger charge is -2.35. The minimum absolute atomic E-state index is 0.0815. The van der Waals surface area contributed by atoms with Crippen molar-refractivity contribution in [1.82, 2.24) is 25.8 Å². The molecule has 0 radical (unpaired) electrons. The van der Waals surface area contributed by atoms with Crippen molar-refractivity contribution in [2.45, 2.75) is 51.0 Å². The molecule has 0 spiro atoms. The number of carbonyl (C=O) groups is 2. The van der Waals surface area contributed by atoms with Crippen molar-refractivity contribution < 1.29 is 14.2 Å². The van der Waals surface area contributed by atoms with Crippen molar-refractivity contribution in [2.75, 3.05) is 26.2 Å². The molecular formula is C22H29N5O3. The Morgan fingerprint density at radius 3 is 2.43 bits per heavy atom. The summed E-state index contributed by atoms with van der Waals surface area (Å²) in [4.78, 5) is 26.7. The highest BCUT2D eigenvalue weighted by Crippen LogP contribution is 2.49. The lowest BCUT2D eigenvalue weighted by molar-refractivity contribution is -0.121. The number of rotatable bonds is 7. The predicted molar refractivity (Wildman–Crippen MR) is 111 cm³/mol. The van der Waals surface area contributed by atoms with E-state index < -0.39 is 5.91 Å². The quantitative estimate of drug-likeness (QED) is 0.720. The molecule has 1 saturated heterocycles. The maximum absolute atomic E-state index is 12.2. The largest absolute Gasteiger partial charge is 0.352 e. The number of likely N-dealkylation sites (tertiary alicyclic amines) is 1. The second-order valence-corrected chi connectivity index (χ2v) is 8.65. The van der Waals surface area contributed by atoms with Gasteiger partial charge in [0.25, 0.3) is 5.91 Å². The normalized spacial score (nSPS) is 18.7. The molecule has 8 nitrogen and oxygen atoms in total. The molecule has 1 aliphatic heterocycles. The average Bonchev–Trinajstić information content (AvgIpc) is 3.39. The summed E-state index contributed by atoms with van der Waals surface area (Å²) in [5, 5.41) is 12.7. The van der Waals surface area contributed by atoms with Gasteiger partial charge in [0.2, 0.25) is 5.91 Å². The Hall–Kier alpha value is -2.74. The predicted octanol–water partition coefficient (Wildman–Crippen LogP) is 1.73. The van der Waals surface area contributed by atoms with Gasteiger partial charge in [-0.3, -0.25) is 9.59 Å². The number of nitrogens with zero attached hydrogens (tertiary/aromatic N) is 3. The molecule has 0 unspecified atom stereocenters. The van der Waals surface area contributed by atoms with Crippen LogP contribution in [0.5, 0.6) is 0 Å². The molecule has 2 heterocycles. The Labute approximate surface area is 176 Å². The molecule has 1 aliphatic carbocycles. The summed E-state index contributed by atoms with van der Waals surface area (Å²) in [5.41, 5.74) is 3.59. The smallest absolute Gasteiger partial charge is 0.275 e. The number of aromatic nitrogens is 2. The van der Waals surface area contributed by atoms with Gasteiger partial charge in [-0.1, -0.05) is 35.0 Å². The molecule has 30 heavy (non-hydrogen) atoms. The number of hydrogen-bond acceptors (Lipinski definition) is 6. The van der Waals surface area contributed by atoms with Crippen LogP contribution in [0.25, 0.3) is 0 Å². The molecule has 8 heteroatoms. The van der Waals surface area contributed by atoms with Gasteiger partial charge in [0, 0.05) is 31.1 Å². The second-order valence-electron chi connectivity index (χ2n) is 8.65. The molecule has 1 aromatic heterocycles. The number of benzene rings is 1. The van der Waals surface area contributed by atoms with Gasteiger partial charge in [0.15, 0.2) is 5.69 Å². The average molecular weight is 412 g/mol. The van der Waals surface area contributed by atoms with E-state index in [9.17, 15) is 9.59 Å². The number of carbonyl (C=O) groups excluding carboxylic acids is 2. The number of amides is 2. The Balaban J connectivity index is 1.19. The van der Waals surface area contributed by atoms with Gasteiger partial charge >= 0.3 is 0 Å². The van der Waals surface area contributed by atoms with Crippen LogP contribution < -0.4 is 10.6 Å². The zero-order valence-corrected chi connectivity index (χ0v) is 17.6. The first kappa shape index (κ1) is 20.5. The highest BCUT2D eigenvalue weighted by atomic mass is 16.6. The first-order valence-electron chi connectivity index (χ1n) is 10.6. The SMILES string of the molecule is Cc1ccc(C2(CN3CCC(NC(=O)CNC(=O)c4nonc4C)CC3)CC2)cc1. The lowest BCUT2D eigenvalue weighted by Crippen LogP contribution is -2.48. The van der Waals surface area contributed by atoms with Crippen LogP contribution in [0.3, 0.4) is 0 Å². The molecule has 2 fully saturated rings. The molecule has 2 aliphatic rings. The van der Waals surface area contributed by atoms with Crippen molar-refractivity contribution in [3.8, 4) is 0 Å². The zero-order chi connectivity index (χ0) is 21.1. The second kappa shape index (κ2) is 8.55. The Morgan fingerprint density at radius 2 is 1.83 bits per heavy atom. The Kier molecular flexibility index (Phi) is 5.85.